The molecule has 0 radical (unpaired) electrons. The van der Waals surface area contributed by atoms with Crippen molar-refractivity contribution in [2.75, 3.05) is 20.7 Å². The lowest BCUT2D eigenvalue weighted by Crippen LogP contribution is -2.42. The molecule has 0 amide bonds. The molecular formula is C17H32N2O2. The van der Waals surface area contributed by atoms with Gasteiger partial charge in [0.05, 0.1) is 13.2 Å². The summed E-state index contributed by atoms with van der Waals surface area (Å²) in [6, 6.07) is 2.07. The van der Waals surface area contributed by atoms with E-state index in [9.17, 15) is 0 Å². The van der Waals surface area contributed by atoms with Gasteiger partial charge < -0.3 is 19.4 Å². The molecule has 4 heteroatoms. The molecule has 4 nitrogen and oxygen atoms in total. The molecule has 0 aliphatic carbocycles. The molecule has 0 saturated carbocycles. The maximum Gasteiger partial charge on any atom is 0.130 e. The number of hydrogen-bond acceptors (Lipinski definition) is 4. The third-order valence-electron chi connectivity index (χ3n) is 3.76. The molecule has 21 heavy (non-hydrogen) atoms. The normalized spacial score (nSPS) is 13.2. The zero-order valence-corrected chi connectivity index (χ0v) is 15.0. The van der Waals surface area contributed by atoms with E-state index >= 15 is 0 Å². The van der Waals surface area contributed by atoms with Gasteiger partial charge in [-0.15, -0.1) is 0 Å². The van der Waals surface area contributed by atoms with Gasteiger partial charge in [0, 0.05) is 11.1 Å². The van der Waals surface area contributed by atoms with E-state index in [1.807, 2.05) is 0 Å². The highest BCUT2D eigenvalue weighted by atomic mass is 16.5. The van der Waals surface area contributed by atoms with Crippen LogP contribution >= 0.6 is 0 Å². The lowest BCUT2D eigenvalue weighted by atomic mass is 10.1. The summed E-state index contributed by atoms with van der Waals surface area (Å²) < 4.78 is 11.7. The monoisotopic (exact) mass is 296 g/mol. The van der Waals surface area contributed by atoms with Gasteiger partial charge in [-0.1, -0.05) is 0 Å². The molecule has 1 rings (SSSR count). The summed E-state index contributed by atoms with van der Waals surface area (Å²) in [4.78, 5) is 2.17. The van der Waals surface area contributed by atoms with Crippen LogP contribution in [0.2, 0.25) is 0 Å². The van der Waals surface area contributed by atoms with Crippen molar-refractivity contribution in [1.82, 2.24) is 10.2 Å². The average Bonchev–Trinajstić information content (AvgIpc) is 2.66. The molecule has 0 unspecified atom stereocenters. The third kappa shape index (κ3) is 6.20. The van der Waals surface area contributed by atoms with Crippen molar-refractivity contribution in [1.29, 1.82) is 0 Å². The van der Waals surface area contributed by atoms with E-state index in [2.05, 4.69) is 71.9 Å². The number of ether oxygens (including phenoxy) is 1. The fraction of sp³-hybridized carbons (Fsp3) is 0.765. The quantitative estimate of drug-likeness (QED) is 0.837. The Balaban J connectivity index is 2.51. The van der Waals surface area contributed by atoms with Crippen molar-refractivity contribution in [3.63, 3.8) is 0 Å². The second-order valence-corrected chi connectivity index (χ2v) is 7.62. The molecule has 1 aromatic heterocycles. The summed E-state index contributed by atoms with van der Waals surface area (Å²) in [7, 11) is 4.13. The maximum atomic E-state index is 5.88. The van der Waals surface area contributed by atoms with Crippen LogP contribution in [0.1, 0.15) is 51.7 Å². The van der Waals surface area contributed by atoms with E-state index in [0.29, 0.717) is 13.2 Å². The SMILES string of the molecule is Cc1cc(COCC(C)(C)N(C)C)oc1CNC(C)(C)C. The van der Waals surface area contributed by atoms with Gasteiger partial charge in [0.2, 0.25) is 0 Å². The summed E-state index contributed by atoms with van der Waals surface area (Å²) in [5.41, 5.74) is 1.29. The van der Waals surface area contributed by atoms with Crippen LogP contribution < -0.4 is 5.32 Å². The van der Waals surface area contributed by atoms with Crippen LogP contribution in [-0.4, -0.2) is 36.7 Å². The molecule has 0 aromatic carbocycles. The summed E-state index contributed by atoms with van der Waals surface area (Å²) in [5, 5.41) is 3.45. The van der Waals surface area contributed by atoms with Crippen LogP contribution in [0.25, 0.3) is 0 Å². The van der Waals surface area contributed by atoms with Gasteiger partial charge in [-0.05, 0) is 67.3 Å². The second-order valence-electron chi connectivity index (χ2n) is 7.62. The first-order valence-corrected chi connectivity index (χ1v) is 7.60. The number of aryl methyl sites for hydroxylation is 1. The second kappa shape index (κ2) is 6.95. The van der Waals surface area contributed by atoms with Gasteiger partial charge in [0.25, 0.3) is 0 Å². The zero-order valence-electron chi connectivity index (χ0n) is 15.0. The molecule has 1 N–H and O–H groups in total. The molecule has 0 fully saturated rings. The van der Waals surface area contributed by atoms with Crippen molar-refractivity contribution >= 4 is 0 Å². The first kappa shape index (κ1) is 18.2. The van der Waals surface area contributed by atoms with E-state index in [1.165, 1.54) is 5.56 Å². The molecular weight excluding hydrogens is 264 g/mol. The summed E-state index contributed by atoms with van der Waals surface area (Å²) in [5.74, 6) is 1.89. The number of furan rings is 1. The Hall–Kier alpha value is -0.840. The standard InChI is InChI=1S/C17H32N2O2/c1-13-9-14(11-20-12-17(5,6)19(7)8)21-15(13)10-18-16(2,3)4/h9,18H,10-12H2,1-8H3. The van der Waals surface area contributed by atoms with E-state index in [0.717, 1.165) is 18.1 Å². The topological polar surface area (TPSA) is 37.6 Å². The first-order valence-electron chi connectivity index (χ1n) is 7.60. The third-order valence-corrected chi connectivity index (χ3v) is 3.76. The van der Waals surface area contributed by atoms with Crippen LogP contribution in [0, 0.1) is 6.92 Å². The Labute approximate surface area is 129 Å². The van der Waals surface area contributed by atoms with Gasteiger partial charge in [0.15, 0.2) is 0 Å². The Morgan fingerprint density at radius 2 is 1.81 bits per heavy atom. The Kier molecular flexibility index (Phi) is 6.02. The van der Waals surface area contributed by atoms with Crippen LogP contribution in [-0.2, 0) is 17.9 Å². The summed E-state index contributed by atoms with van der Waals surface area (Å²) in [6.07, 6.45) is 0. The van der Waals surface area contributed by atoms with E-state index in [1.54, 1.807) is 0 Å². The predicted molar refractivity (Wildman–Crippen MR) is 87.5 cm³/mol. The number of nitrogens with one attached hydrogen (secondary N) is 1. The Morgan fingerprint density at radius 3 is 2.33 bits per heavy atom. The van der Waals surface area contributed by atoms with Crippen molar-refractivity contribution in [3.8, 4) is 0 Å². The highest BCUT2D eigenvalue weighted by molar-refractivity contribution is 5.19. The minimum atomic E-state index is 0.0260. The molecule has 0 aliphatic rings. The minimum absolute atomic E-state index is 0.0260. The van der Waals surface area contributed by atoms with E-state index < -0.39 is 0 Å². The molecule has 0 bridgehead atoms. The Morgan fingerprint density at radius 1 is 1.19 bits per heavy atom. The zero-order chi connectivity index (χ0) is 16.3. The van der Waals surface area contributed by atoms with Crippen molar-refractivity contribution in [2.24, 2.45) is 0 Å². The molecule has 1 aromatic rings. The Bertz CT molecular complexity index is 442. The van der Waals surface area contributed by atoms with Gasteiger partial charge in [-0.2, -0.15) is 0 Å². The van der Waals surface area contributed by atoms with Gasteiger partial charge in [-0.3, -0.25) is 0 Å². The maximum absolute atomic E-state index is 5.88. The summed E-state index contributed by atoms with van der Waals surface area (Å²) >= 11 is 0. The van der Waals surface area contributed by atoms with Gasteiger partial charge >= 0.3 is 0 Å². The average molecular weight is 296 g/mol. The van der Waals surface area contributed by atoms with Gasteiger partial charge in [0.1, 0.15) is 18.1 Å². The lowest BCUT2D eigenvalue weighted by molar-refractivity contribution is 0.0205. The fourth-order valence-corrected chi connectivity index (χ4v) is 1.71. The fourth-order valence-electron chi connectivity index (χ4n) is 1.71. The number of nitrogens with zero attached hydrogens (tertiary/aromatic N) is 1. The number of likely N-dealkylation sites (N-methyl/N-ethyl adjacent to an activating group) is 1. The summed E-state index contributed by atoms with van der Waals surface area (Å²) in [6.45, 7) is 14.8. The molecule has 122 valence electrons. The van der Waals surface area contributed by atoms with Crippen molar-refractivity contribution in [3.05, 3.63) is 23.2 Å². The lowest BCUT2D eigenvalue weighted by Gasteiger charge is -2.31. The molecule has 1 heterocycles. The number of rotatable bonds is 7. The highest BCUT2D eigenvalue weighted by Gasteiger charge is 2.21. The van der Waals surface area contributed by atoms with E-state index in [4.69, 9.17) is 9.15 Å². The minimum Gasteiger partial charge on any atom is -0.462 e. The van der Waals surface area contributed by atoms with Crippen LogP contribution in [0.3, 0.4) is 0 Å². The van der Waals surface area contributed by atoms with Crippen LogP contribution in [0.4, 0.5) is 0 Å². The largest absolute Gasteiger partial charge is 0.462 e. The van der Waals surface area contributed by atoms with Crippen molar-refractivity contribution < 1.29 is 9.15 Å². The molecule has 0 saturated heterocycles. The molecule has 0 aliphatic heterocycles. The van der Waals surface area contributed by atoms with Crippen LogP contribution in [0.15, 0.2) is 10.5 Å². The van der Waals surface area contributed by atoms with E-state index in [-0.39, 0.29) is 11.1 Å². The predicted octanol–water partition coefficient (Wildman–Crippen LogP) is 3.33. The van der Waals surface area contributed by atoms with Crippen molar-refractivity contribution in [2.45, 2.75) is 65.8 Å². The number of hydrogen-bond donors (Lipinski definition) is 1. The highest BCUT2D eigenvalue weighted by Crippen LogP contribution is 2.18. The smallest absolute Gasteiger partial charge is 0.130 e. The van der Waals surface area contributed by atoms with Gasteiger partial charge in [-0.25, -0.2) is 0 Å². The first-order chi connectivity index (χ1) is 9.51. The molecule has 0 spiro atoms. The van der Waals surface area contributed by atoms with Crippen LogP contribution in [0.5, 0.6) is 0 Å². The molecule has 0 atom stereocenters.